The predicted molar refractivity (Wildman–Crippen MR) is 117 cm³/mol. The Morgan fingerprint density at radius 2 is 1.27 bits per heavy atom. The number of nitrogens with zero attached hydrogens (tertiary/aromatic N) is 2. The zero-order chi connectivity index (χ0) is 21.3. The summed E-state index contributed by atoms with van der Waals surface area (Å²) >= 11 is 0.969. The molecule has 0 aromatic heterocycles. The molecule has 0 radical (unpaired) electrons. The van der Waals surface area contributed by atoms with Crippen LogP contribution in [0.2, 0.25) is 0 Å². The Morgan fingerprint density at radius 3 is 1.77 bits per heavy atom. The Bertz CT molecular complexity index is 1250. The van der Waals surface area contributed by atoms with Gasteiger partial charge in [0.05, 0.1) is 15.9 Å². The lowest BCUT2D eigenvalue weighted by molar-refractivity contribution is -0.394. The molecule has 0 amide bonds. The zero-order valence-corrected chi connectivity index (χ0v) is 16.3. The monoisotopic (exact) mass is 418 g/mol. The van der Waals surface area contributed by atoms with E-state index in [1.54, 1.807) is 0 Å². The highest BCUT2D eigenvalue weighted by molar-refractivity contribution is 8.13. The molecular weight excluding hydrogens is 404 g/mol. The summed E-state index contributed by atoms with van der Waals surface area (Å²) in [6.07, 6.45) is 0. The Hall–Kier alpha value is -3.78. The van der Waals surface area contributed by atoms with Crippen molar-refractivity contribution in [3.63, 3.8) is 0 Å². The maximum atomic E-state index is 12.8. The van der Waals surface area contributed by atoms with E-state index in [0.717, 1.165) is 57.1 Å². The fraction of sp³-hybridized carbons (Fsp3) is 0.0455. The Morgan fingerprint density at radius 1 is 0.767 bits per heavy atom. The largest absolute Gasteiger partial charge is 0.282 e. The molecule has 0 fully saturated rings. The number of non-ortho nitro benzene ring substituents is 2. The number of hydrogen-bond donors (Lipinski definition) is 0. The van der Waals surface area contributed by atoms with Gasteiger partial charge in [-0.25, -0.2) is 0 Å². The molecule has 30 heavy (non-hydrogen) atoms. The summed E-state index contributed by atoms with van der Waals surface area (Å²) in [5, 5.41) is 25.8. The molecule has 8 heteroatoms. The maximum absolute atomic E-state index is 12.8. The molecule has 0 heterocycles. The molecule has 4 aromatic rings. The average Bonchev–Trinajstić information content (AvgIpc) is 2.76. The van der Waals surface area contributed by atoms with Crippen LogP contribution < -0.4 is 0 Å². The number of benzene rings is 4. The predicted octanol–water partition coefficient (Wildman–Crippen LogP) is 5.88. The van der Waals surface area contributed by atoms with Gasteiger partial charge in [0.1, 0.15) is 0 Å². The molecule has 0 saturated heterocycles. The van der Waals surface area contributed by atoms with Gasteiger partial charge in [-0.1, -0.05) is 60.3 Å². The maximum Gasteiger partial charge on any atom is 0.277 e. The molecule has 0 spiro atoms. The van der Waals surface area contributed by atoms with Crippen molar-refractivity contribution in [2.24, 2.45) is 0 Å². The van der Waals surface area contributed by atoms with Gasteiger partial charge in [0.25, 0.3) is 11.4 Å². The highest BCUT2D eigenvalue weighted by Crippen LogP contribution is 2.33. The van der Waals surface area contributed by atoms with Crippen molar-refractivity contribution in [3.8, 4) is 0 Å². The van der Waals surface area contributed by atoms with E-state index in [2.05, 4.69) is 6.07 Å². The van der Waals surface area contributed by atoms with Crippen molar-refractivity contribution >= 4 is 49.8 Å². The first-order valence-electron chi connectivity index (χ1n) is 8.94. The van der Waals surface area contributed by atoms with E-state index in [1.807, 2.05) is 48.5 Å². The number of thioether (sulfide) groups is 1. The number of rotatable bonds is 5. The fourth-order valence-electron chi connectivity index (χ4n) is 3.41. The van der Waals surface area contributed by atoms with Crippen molar-refractivity contribution in [2.45, 2.75) is 5.75 Å². The van der Waals surface area contributed by atoms with Crippen molar-refractivity contribution in [2.75, 3.05) is 0 Å². The van der Waals surface area contributed by atoms with E-state index in [1.165, 1.54) is 0 Å². The summed E-state index contributed by atoms with van der Waals surface area (Å²) in [7, 11) is 0. The van der Waals surface area contributed by atoms with Crippen LogP contribution in [0.5, 0.6) is 0 Å². The summed E-state index contributed by atoms with van der Waals surface area (Å²) in [6.45, 7) is 0. The highest BCUT2D eigenvalue weighted by atomic mass is 32.2. The van der Waals surface area contributed by atoms with Gasteiger partial charge in [-0.2, -0.15) is 0 Å². The van der Waals surface area contributed by atoms with Crippen LogP contribution in [0.4, 0.5) is 11.4 Å². The van der Waals surface area contributed by atoms with Crippen LogP contribution in [0.15, 0.2) is 72.8 Å². The lowest BCUT2D eigenvalue weighted by Crippen LogP contribution is -2.00. The van der Waals surface area contributed by atoms with Crippen LogP contribution in [0.3, 0.4) is 0 Å². The van der Waals surface area contributed by atoms with Gasteiger partial charge in [-0.3, -0.25) is 25.0 Å². The lowest BCUT2D eigenvalue weighted by Gasteiger charge is -2.11. The molecule has 4 aromatic carbocycles. The first kappa shape index (κ1) is 19.5. The van der Waals surface area contributed by atoms with Crippen molar-refractivity contribution < 1.29 is 14.6 Å². The molecule has 0 unspecified atom stereocenters. The van der Waals surface area contributed by atoms with Crippen molar-refractivity contribution in [3.05, 3.63) is 104 Å². The topological polar surface area (TPSA) is 103 Å². The first-order chi connectivity index (χ1) is 14.4. The van der Waals surface area contributed by atoms with Crippen molar-refractivity contribution in [1.29, 1.82) is 0 Å². The Kier molecular flexibility index (Phi) is 5.16. The van der Waals surface area contributed by atoms with Gasteiger partial charge in [-0.05, 0) is 33.2 Å². The summed E-state index contributed by atoms with van der Waals surface area (Å²) < 4.78 is 0. The second-order valence-electron chi connectivity index (χ2n) is 6.63. The Labute approximate surface area is 174 Å². The number of carbonyl (C=O) groups is 1. The van der Waals surface area contributed by atoms with Crippen LogP contribution in [0, 0.1) is 20.2 Å². The minimum atomic E-state index is -0.743. The molecule has 0 atom stereocenters. The van der Waals surface area contributed by atoms with Gasteiger partial charge < -0.3 is 0 Å². The van der Waals surface area contributed by atoms with Crippen LogP contribution in [-0.4, -0.2) is 15.0 Å². The third-order valence-electron chi connectivity index (χ3n) is 4.79. The Balaban J connectivity index is 1.71. The molecule has 0 aliphatic rings. The van der Waals surface area contributed by atoms with E-state index in [9.17, 15) is 25.0 Å². The fourth-order valence-corrected chi connectivity index (χ4v) is 4.28. The van der Waals surface area contributed by atoms with Crippen LogP contribution in [-0.2, 0) is 5.75 Å². The summed E-state index contributed by atoms with van der Waals surface area (Å²) in [6, 6.07) is 20.8. The first-order valence-corrected chi connectivity index (χ1v) is 9.93. The van der Waals surface area contributed by atoms with Gasteiger partial charge >= 0.3 is 0 Å². The summed E-state index contributed by atoms with van der Waals surface area (Å²) in [5.74, 6) is 0.331. The third-order valence-corrected chi connectivity index (χ3v) is 5.72. The zero-order valence-electron chi connectivity index (χ0n) is 15.5. The van der Waals surface area contributed by atoms with Crippen LogP contribution >= 0.6 is 11.8 Å². The van der Waals surface area contributed by atoms with Gasteiger partial charge in [0, 0.05) is 23.4 Å². The molecule has 0 bridgehead atoms. The van der Waals surface area contributed by atoms with E-state index >= 15 is 0 Å². The molecule has 0 aliphatic carbocycles. The average molecular weight is 418 g/mol. The molecule has 4 rings (SSSR count). The number of nitro groups is 2. The minimum Gasteiger partial charge on any atom is -0.282 e. The van der Waals surface area contributed by atoms with E-state index in [0.29, 0.717) is 5.75 Å². The SMILES string of the molecule is O=C(SCc1c2ccccc2cc2ccccc12)c1cc([N+](=O)[O-])cc([N+](=O)[O-])c1. The molecule has 0 saturated carbocycles. The lowest BCUT2D eigenvalue weighted by atomic mass is 9.98. The quantitative estimate of drug-likeness (QED) is 0.228. The number of nitro benzene ring substituents is 2. The molecule has 148 valence electrons. The van der Waals surface area contributed by atoms with E-state index < -0.39 is 26.3 Å². The second kappa shape index (κ2) is 7.92. The van der Waals surface area contributed by atoms with Crippen LogP contribution in [0.1, 0.15) is 15.9 Å². The van der Waals surface area contributed by atoms with E-state index in [-0.39, 0.29) is 5.56 Å². The second-order valence-corrected chi connectivity index (χ2v) is 7.57. The van der Waals surface area contributed by atoms with Crippen molar-refractivity contribution in [1.82, 2.24) is 0 Å². The molecule has 7 nitrogen and oxygen atoms in total. The molecule has 0 aliphatic heterocycles. The minimum absolute atomic E-state index is 0.0644. The number of hydrogen-bond acceptors (Lipinski definition) is 6. The standard InChI is InChI=1S/C22H14N2O5S/c25-22(16-10-17(23(26)27)12-18(11-16)24(28)29)30-13-21-19-7-3-1-5-14(19)9-15-6-2-4-8-20(15)21/h1-12H,13H2. The number of carbonyl (C=O) groups excluding carboxylic acids is 1. The normalized spacial score (nSPS) is 10.9. The van der Waals surface area contributed by atoms with E-state index in [4.69, 9.17) is 0 Å². The number of fused-ring (bicyclic) bond motifs is 2. The smallest absolute Gasteiger partial charge is 0.277 e. The van der Waals surface area contributed by atoms with Gasteiger partial charge in [0.2, 0.25) is 5.12 Å². The summed E-state index contributed by atoms with van der Waals surface area (Å²) in [5.41, 5.74) is -0.0556. The third kappa shape index (κ3) is 3.72. The van der Waals surface area contributed by atoms with Gasteiger partial charge in [-0.15, -0.1) is 0 Å². The van der Waals surface area contributed by atoms with Gasteiger partial charge in [0.15, 0.2) is 0 Å². The highest BCUT2D eigenvalue weighted by Gasteiger charge is 2.20. The van der Waals surface area contributed by atoms with Crippen LogP contribution in [0.25, 0.3) is 21.5 Å². The summed E-state index contributed by atoms with van der Waals surface area (Å²) in [4.78, 5) is 33.4. The molecular formula is C22H14N2O5S. The molecule has 0 N–H and O–H groups in total.